The van der Waals surface area contributed by atoms with Crippen LogP contribution in [-0.2, 0) is 19.2 Å². The number of nitrogens with zero attached hydrogens (tertiary/aromatic N) is 4. The lowest BCUT2D eigenvalue weighted by Crippen LogP contribution is -2.56. The van der Waals surface area contributed by atoms with E-state index in [1.807, 2.05) is 42.3 Å². The van der Waals surface area contributed by atoms with Crippen molar-refractivity contribution < 1.29 is 19.2 Å². The topological polar surface area (TPSA) is 81.2 Å². The maximum absolute atomic E-state index is 15.4. The SMILES string of the molecule is CCCCCCCCN1C(=O)C2=C(c3ccc(-c4cc5c(s4)-c4sc(-c6ccc(C7=C8C(=O)N(CCCCCCCC)C(c9cccs9)=C8C(=O)N7CCCCCCCC)s6)cc4[Si]5(CC(CC)CCCC)CC(CC)CCCC)s3)N(CCCCCCCC)C(=O)C2=C1c1cccs1. The Kier molecular flexibility index (Phi) is 27.9. The Hall–Kier alpha value is -4.74. The van der Waals surface area contributed by atoms with E-state index in [4.69, 9.17) is 0 Å². The molecule has 534 valence electrons. The van der Waals surface area contributed by atoms with Gasteiger partial charge in [0.05, 0.1) is 64.6 Å². The summed E-state index contributed by atoms with van der Waals surface area (Å²) in [5.74, 6) is 1.19. The number of rotatable bonds is 46. The van der Waals surface area contributed by atoms with Gasteiger partial charge in [-0.25, -0.2) is 0 Å². The molecule has 0 radical (unpaired) electrons. The van der Waals surface area contributed by atoms with Gasteiger partial charge in [-0.2, -0.15) is 0 Å². The molecule has 2 atom stereocenters. The molecule has 0 saturated carbocycles. The average Bonchev–Trinajstić information content (AvgIpc) is 1.56. The molecular formula is C84H114N4O4S6Si. The largest absolute Gasteiger partial charge is 0.306 e. The Morgan fingerprint density at radius 1 is 0.323 bits per heavy atom. The second-order valence-corrected chi connectivity index (χ2v) is 39.3. The van der Waals surface area contributed by atoms with Crippen molar-refractivity contribution in [2.45, 2.75) is 273 Å². The molecule has 11 heterocycles. The van der Waals surface area contributed by atoms with Gasteiger partial charge in [0.1, 0.15) is 8.07 Å². The molecule has 5 aliphatic rings. The summed E-state index contributed by atoms with van der Waals surface area (Å²) in [5.41, 5.74) is 5.72. The summed E-state index contributed by atoms with van der Waals surface area (Å²) in [6.45, 7) is 21.1. The molecule has 6 aromatic heterocycles. The fraction of sp³-hybridized carbons (Fsp3) is 0.571. The summed E-state index contributed by atoms with van der Waals surface area (Å²) in [4.78, 5) is 81.5. The van der Waals surface area contributed by atoms with Gasteiger partial charge in [-0.15, -0.1) is 68.0 Å². The summed E-state index contributed by atoms with van der Waals surface area (Å²) < 4.78 is 0. The minimum atomic E-state index is -2.48. The van der Waals surface area contributed by atoms with Gasteiger partial charge in [-0.1, -0.05) is 247 Å². The maximum Gasteiger partial charge on any atom is 0.261 e. The zero-order valence-corrected chi connectivity index (χ0v) is 67.2. The third kappa shape index (κ3) is 16.5. The van der Waals surface area contributed by atoms with Crippen LogP contribution in [0, 0.1) is 11.8 Å². The van der Waals surface area contributed by atoms with Crippen molar-refractivity contribution in [1.82, 2.24) is 19.6 Å². The van der Waals surface area contributed by atoms with E-state index >= 15 is 19.2 Å². The van der Waals surface area contributed by atoms with Gasteiger partial charge in [0, 0.05) is 55.4 Å². The first-order chi connectivity index (χ1) is 48.5. The first-order valence-corrected chi connectivity index (χ1v) is 46.8. The minimum Gasteiger partial charge on any atom is -0.306 e. The Bertz CT molecular complexity index is 3570. The zero-order valence-electron chi connectivity index (χ0n) is 61.3. The van der Waals surface area contributed by atoms with Gasteiger partial charge in [0.2, 0.25) is 0 Å². The third-order valence-corrected chi connectivity index (χ3v) is 34.6. The van der Waals surface area contributed by atoms with Crippen molar-refractivity contribution in [2.24, 2.45) is 11.8 Å². The number of unbranched alkanes of at least 4 members (excludes halogenated alkanes) is 22. The van der Waals surface area contributed by atoms with Crippen LogP contribution in [0.5, 0.6) is 0 Å². The molecule has 0 aliphatic carbocycles. The van der Waals surface area contributed by atoms with E-state index in [9.17, 15) is 0 Å². The van der Waals surface area contributed by atoms with Crippen LogP contribution in [0.25, 0.3) is 52.1 Å². The molecule has 2 unspecified atom stereocenters. The van der Waals surface area contributed by atoms with Crippen LogP contribution in [0.2, 0.25) is 12.1 Å². The Balaban J connectivity index is 1.00. The minimum absolute atomic E-state index is 0.0144. The van der Waals surface area contributed by atoms with Gasteiger partial charge in [-0.05, 0) is 119 Å². The van der Waals surface area contributed by atoms with Gasteiger partial charge in [-0.3, -0.25) is 19.2 Å². The van der Waals surface area contributed by atoms with Crippen molar-refractivity contribution in [2.75, 3.05) is 26.2 Å². The second kappa shape index (κ2) is 36.6. The van der Waals surface area contributed by atoms with E-state index in [0.29, 0.717) is 60.3 Å². The van der Waals surface area contributed by atoms with E-state index < -0.39 is 8.07 Å². The summed E-state index contributed by atoms with van der Waals surface area (Å²) >= 11 is 10.8. The number of carbonyl (C=O) groups excluding carboxylic acids is 4. The molecule has 5 aliphatic heterocycles. The molecule has 99 heavy (non-hydrogen) atoms. The van der Waals surface area contributed by atoms with Crippen molar-refractivity contribution in [3.8, 4) is 29.3 Å². The number of amides is 4. The monoisotopic (exact) mass is 1460 g/mol. The molecule has 4 amide bonds. The van der Waals surface area contributed by atoms with Crippen molar-refractivity contribution >= 4 is 133 Å². The Labute approximate surface area is 620 Å². The number of carbonyl (C=O) groups is 4. The van der Waals surface area contributed by atoms with Crippen molar-refractivity contribution in [1.29, 1.82) is 0 Å². The molecule has 8 nitrogen and oxygen atoms in total. The van der Waals surface area contributed by atoms with Gasteiger partial charge < -0.3 is 19.6 Å². The van der Waals surface area contributed by atoms with Gasteiger partial charge in [0.25, 0.3) is 23.6 Å². The van der Waals surface area contributed by atoms with Crippen LogP contribution < -0.4 is 10.4 Å². The zero-order chi connectivity index (χ0) is 69.4. The number of thiophene rings is 6. The molecule has 0 saturated heterocycles. The van der Waals surface area contributed by atoms with E-state index in [-0.39, 0.29) is 23.6 Å². The highest BCUT2D eigenvalue weighted by atomic mass is 32.1. The van der Waals surface area contributed by atoms with Crippen molar-refractivity contribution in [3.63, 3.8) is 0 Å². The number of hydrogen-bond acceptors (Lipinski definition) is 10. The highest BCUT2D eigenvalue weighted by Crippen LogP contribution is 2.55. The van der Waals surface area contributed by atoms with E-state index in [0.717, 1.165) is 119 Å². The molecular weight excluding hydrogens is 1350 g/mol. The third-order valence-electron chi connectivity index (χ3n) is 22.0. The van der Waals surface area contributed by atoms with E-state index in [1.54, 1.807) is 55.7 Å². The van der Waals surface area contributed by atoms with Gasteiger partial charge in [0.15, 0.2) is 0 Å². The van der Waals surface area contributed by atoms with Crippen LogP contribution in [0.4, 0.5) is 0 Å². The average molecular weight is 1460 g/mol. The number of fused-ring (bicyclic) bond motifs is 5. The second-order valence-electron chi connectivity index (χ2n) is 29.1. The predicted octanol–water partition coefficient (Wildman–Crippen LogP) is 24.4. The van der Waals surface area contributed by atoms with Crippen LogP contribution in [0.1, 0.15) is 280 Å². The van der Waals surface area contributed by atoms with Crippen LogP contribution in [-0.4, -0.2) is 77.5 Å². The Morgan fingerprint density at radius 2 is 0.616 bits per heavy atom. The molecule has 6 aromatic rings. The Morgan fingerprint density at radius 3 is 0.909 bits per heavy atom. The van der Waals surface area contributed by atoms with Crippen LogP contribution in [0.15, 0.2) is 93.7 Å². The highest BCUT2D eigenvalue weighted by molar-refractivity contribution is 7.33. The molecule has 11 rings (SSSR count). The molecule has 0 aromatic carbocycles. The lowest BCUT2D eigenvalue weighted by atomic mass is 10.0. The smallest absolute Gasteiger partial charge is 0.261 e. The van der Waals surface area contributed by atoms with E-state index in [1.165, 1.54) is 170 Å². The van der Waals surface area contributed by atoms with E-state index in [2.05, 4.69) is 127 Å². The summed E-state index contributed by atoms with van der Waals surface area (Å²) in [5, 5.41) is 7.43. The predicted molar refractivity (Wildman–Crippen MR) is 432 cm³/mol. The highest BCUT2D eigenvalue weighted by Gasteiger charge is 2.53. The molecule has 0 fully saturated rings. The molecule has 0 bridgehead atoms. The standard InChI is InChI=1S/C84H114N4O4S6Si/c1-9-17-23-27-31-35-49-85-75(63-43-39-53-93-63)71-73(83(85)91)77(87(81(71)89)51-37-33-29-25-19-11-3)65-47-45-61(95-65)67-55-69-79(97-67)80-70(99(69,57-59(15-7)41-21-13-5)58-60(16-8)42-22-14-6)56-68(98-80)62-46-48-66(96-62)78-74-72(82(90)88(78)52-38-34-30-26-20-12-4)76(64-44-40-54-94-64)86(84(74)92)50-36-32-28-24-18-10-2/h39-40,43-48,53-56,59-60H,9-38,41-42,49-52,57-58H2,1-8H3. The lowest BCUT2D eigenvalue weighted by molar-refractivity contribution is -0.124. The first kappa shape index (κ1) is 75.4. The fourth-order valence-corrected chi connectivity index (χ4v) is 30.8. The molecule has 15 heteroatoms. The molecule has 0 spiro atoms. The van der Waals surface area contributed by atoms with Gasteiger partial charge >= 0.3 is 0 Å². The van der Waals surface area contributed by atoms with Crippen LogP contribution in [0.3, 0.4) is 0 Å². The summed E-state index contributed by atoms with van der Waals surface area (Å²) in [7, 11) is -2.48. The summed E-state index contributed by atoms with van der Waals surface area (Å²) in [6.07, 6.45) is 36.9. The van der Waals surface area contributed by atoms with Crippen molar-refractivity contribution in [3.05, 3.63) is 113 Å². The lowest BCUT2D eigenvalue weighted by Gasteiger charge is -2.35. The molecule has 0 N–H and O–H groups in total. The maximum atomic E-state index is 15.4. The summed E-state index contributed by atoms with van der Waals surface area (Å²) in [6, 6.07) is 25.2. The number of hydrogen-bond donors (Lipinski definition) is 0. The quantitative estimate of drug-likeness (QED) is 0.0282. The van der Waals surface area contributed by atoms with Crippen LogP contribution >= 0.6 is 68.0 Å². The first-order valence-electron chi connectivity index (χ1n) is 39.3. The fourth-order valence-electron chi connectivity index (χ4n) is 16.5. The normalized spacial score (nSPS) is 16.4.